The van der Waals surface area contributed by atoms with Crippen molar-refractivity contribution in [3.05, 3.63) is 57.5 Å². The Morgan fingerprint density at radius 3 is 3.07 bits per heavy atom. The summed E-state index contributed by atoms with van der Waals surface area (Å²) in [5.74, 6) is 0. The lowest BCUT2D eigenvalue weighted by Crippen LogP contribution is -2.24. The zero-order valence-electron chi connectivity index (χ0n) is 16.0. The van der Waals surface area contributed by atoms with Gasteiger partial charge in [0.1, 0.15) is 21.6 Å². The highest BCUT2D eigenvalue weighted by Gasteiger charge is 2.19. The van der Waals surface area contributed by atoms with Crippen molar-refractivity contribution in [3.8, 4) is 0 Å². The monoisotopic (exact) mass is 416 g/mol. The van der Waals surface area contributed by atoms with Crippen LogP contribution in [0.3, 0.4) is 0 Å². The number of thiazole rings is 1. The molecule has 1 N–H and O–H groups in total. The molecule has 0 atom stereocenters. The maximum Gasteiger partial charge on any atom is 0.291 e. The van der Waals surface area contributed by atoms with Crippen molar-refractivity contribution in [1.29, 1.82) is 0 Å². The van der Waals surface area contributed by atoms with Crippen LogP contribution in [0.5, 0.6) is 0 Å². The van der Waals surface area contributed by atoms with Crippen molar-refractivity contribution in [1.82, 2.24) is 34.7 Å². The Kier molecular flexibility index (Phi) is 3.69. The zero-order valence-corrected chi connectivity index (χ0v) is 16.8. The largest absolute Gasteiger partial charge is 0.323 e. The van der Waals surface area contributed by atoms with E-state index in [1.54, 1.807) is 17.5 Å². The number of aromatic nitrogens is 7. The third-order valence-electron chi connectivity index (χ3n) is 5.36. The minimum absolute atomic E-state index is 0.148. The van der Waals surface area contributed by atoms with E-state index in [2.05, 4.69) is 25.5 Å². The summed E-state index contributed by atoms with van der Waals surface area (Å²) < 4.78 is 4.32. The number of H-pyrrole nitrogens is 1. The van der Waals surface area contributed by atoms with E-state index < -0.39 is 0 Å². The summed E-state index contributed by atoms with van der Waals surface area (Å²) in [5.41, 5.74) is 4.70. The first-order valence-electron chi connectivity index (χ1n) is 9.51. The van der Waals surface area contributed by atoms with Crippen LogP contribution in [0, 0.1) is 0 Å². The van der Waals surface area contributed by atoms with Gasteiger partial charge in [0.2, 0.25) is 0 Å². The summed E-state index contributed by atoms with van der Waals surface area (Å²) in [6.07, 6.45) is 6.56. The number of hydrogen-bond acceptors (Lipinski definition) is 7. The fourth-order valence-electron chi connectivity index (χ4n) is 3.92. The van der Waals surface area contributed by atoms with Crippen molar-refractivity contribution in [2.45, 2.75) is 13.0 Å². The Morgan fingerprint density at radius 2 is 2.20 bits per heavy atom. The number of aryl methyl sites for hydroxylation is 1. The Morgan fingerprint density at radius 1 is 1.27 bits per heavy atom. The Labute approximate surface area is 173 Å². The second-order valence-electron chi connectivity index (χ2n) is 7.21. The highest BCUT2D eigenvalue weighted by molar-refractivity contribution is 7.19. The van der Waals surface area contributed by atoms with Crippen LogP contribution in [-0.4, -0.2) is 47.0 Å². The topological polar surface area (TPSA) is 107 Å². The quantitative estimate of drug-likeness (QED) is 0.483. The molecular formula is C20H16N8OS. The predicted molar refractivity (Wildman–Crippen MR) is 116 cm³/mol. The smallest absolute Gasteiger partial charge is 0.291 e. The molecule has 1 aliphatic rings. The normalized spacial score (nSPS) is 13.8. The van der Waals surface area contributed by atoms with Crippen LogP contribution in [-0.2, 0) is 20.0 Å². The molecule has 1 aliphatic heterocycles. The summed E-state index contributed by atoms with van der Waals surface area (Å²) in [5, 5.41) is 17.2. The molecule has 0 amide bonds. The minimum atomic E-state index is -0.148. The van der Waals surface area contributed by atoms with E-state index in [4.69, 9.17) is 4.98 Å². The number of nitrogens with one attached hydrogen (secondary N) is 1. The lowest BCUT2D eigenvalue weighted by Gasteiger charge is -2.06. The number of aromatic amines is 1. The third-order valence-corrected chi connectivity index (χ3v) is 6.44. The lowest BCUT2D eigenvalue weighted by molar-refractivity contribution is 0.646. The van der Waals surface area contributed by atoms with Gasteiger partial charge < -0.3 is 4.57 Å². The van der Waals surface area contributed by atoms with Crippen LogP contribution in [0.15, 0.2) is 46.3 Å². The molecule has 5 aromatic rings. The molecule has 9 nitrogen and oxygen atoms in total. The first kappa shape index (κ1) is 17.2. The van der Waals surface area contributed by atoms with Gasteiger partial charge in [0, 0.05) is 30.1 Å². The van der Waals surface area contributed by atoms with Gasteiger partial charge in [0.15, 0.2) is 5.65 Å². The third kappa shape index (κ3) is 2.53. The fourth-order valence-corrected chi connectivity index (χ4v) is 5.04. The number of aliphatic imine (C=N–C) groups is 1. The van der Waals surface area contributed by atoms with Gasteiger partial charge in [0.25, 0.3) is 5.56 Å². The molecular weight excluding hydrogens is 400 g/mol. The number of rotatable bonds is 4. The Balaban J connectivity index is 1.44. The molecule has 0 saturated heterocycles. The molecule has 0 radical (unpaired) electrons. The molecule has 4 aromatic heterocycles. The van der Waals surface area contributed by atoms with E-state index in [0.29, 0.717) is 18.5 Å². The number of allylic oxidation sites excluding steroid dienone is 1. The molecule has 1 aromatic carbocycles. The molecule has 30 heavy (non-hydrogen) atoms. The van der Waals surface area contributed by atoms with Crippen molar-refractivity contribution in [2.75, 3.05) is 6.54 Å². The van der Waals surface area contributed by atoms with Gasteiger partial charge in [0.05, 0.1) is 24.0 Å². The van der Waals surface area contributed by atoms with Gasteiger partial charge in [-0.3, -0.25) is 9.79 Å². The highest BCUT2D eigenvalue weighted by atomic mass is 32.1. The number of nitrogens with zero attached hydrogens (tertiary/aromatic N) is 7. The minimum Gasteiger partial charge on any atom is -0.323 e. The number of para-hydroxylation sites is 1. The molecule has 10 heteroatoms. The van der Waals surface area contributed by atoms with Crippen molar-refractivity contribution in [2.24, 2.45) is 12.0 Å². The van der Waals surface area contributed by atoms with E-state index >= 15 is 0 Å². The molecule has 0 spiro atoms. The number of fused-ring (bicyclic) bond motifs is 4. The van der Waals surface area contributed by atoms with Crippen LogP contribution < -0.4 is 5.56 Å². The molecule has 6 rings (SSSR count). The number of hydrogen-bond donors (Lipinski definition) is 1. The van der Waals surface area contributed by atoms with E-state index in [-0.39, 0.29) is 5.56 Å². The molecule has 0 unspecified atom stereocenters. The van der Waals surface area contributed by atoms with Crippen molar-refractivity contribution in [3.63, 3.8) is 0 Å². The van der Waals surface area contributed by atoms with Gasteiger partial charge in [-0.25, -0.2) is 9.67 Å². The summed E-state index contributed by atoms with van der Waals surface area (Å²) in [6, 6.07) is 5.71. The van der Waals surface area contributed by atoms with Crippen molar-refractivity contribution >= 4 is 49.3 Å². The molecule has 0 aliphatic carbocycles. The predicted octanol–water partition coefficient (Wildman–Crippen LogP) is 2.22. The molecule has 0 saturated carbocycles. The molecule has 0 bridgehead atoms. The number of benzene rings is 1. The van der Waals surface area contributed by atoms with E-state index in [0.717, 1.165) is 49.6 Å². The van der Waals surface area contributed by atoms with Gasteiger partial charge in [-0.2, -0.15) is 20.5 Å². The first-order chi connectivity index (χ1) is 14.7. The van der Waals surface area contributed by atoms with Crippen LogP contribution in [0.4, 0.5) is 0 Å². The summed E-state index contributed by atoms with van der Waals surface area (Å²) in [6.45, 7) is 1.07. The van der Waals surface area contributed by atoms with E-state index in [9.17, 15) is 4.79 Å². The first-order valence-corrected chi connectivity index (χ1v) is 10.3. The maximum atomic E-state index is 13.2. The molecule has 5 heterocycles. The Hall–Kier alpha value is -3.66. The van der Waals surface area contributed by atoms with Gasteiger partial charge >= 0.3 is 0 Å². The van der Waals surface area contributed by atoms with Crippen LogP contribution >= 0.6 is 11.3 Å². The summed E-state index contributed by atoms with van der Waals surface area (Å²) in [4.78, 5) is 22.5. The van der Waals surface area contributed by atoms with Crippen LogP contribution in [0.2, 0.25) is 0 Å². The second kappa shape index (κ2) is 6.42. The van der Waals surface area contributed by atoms with Gasteiger partial charge in [-0.15, -0.1) is 11.3 Å². The van der Waals surface area contributed by atoms with E-state index in [1.165, 1.54) is 4.68 Å². The summed E-state index contributed by atoms with van der Waals surface area (Å²) >= 11 is 1.60. The average Bonchev–Trinajstić information content (AvgIpc) is 3.52. The second-order valence-corrected chi connectivity index (χ2v) is 8.29. The highest BCUT2D eigenvalue weighted by Crippen LogP contribution is 2.31. The van der Waals surface area contributed by atoms with Crippen LogP contribution in [0.1, 0.15) is 10.6 Å². The SMILES string of the molecule is Cn1c2nc(CC3=NCC=C3)sc2c2cnn(Cc3cccc4n[nH]nc34)c(=O)c21. The maximum absolute atomic E-state index is 13.2. The fraction of sp³-hybridized carbons (Fsp3) is 0.200. The Bertz CT molecular complexity index is 1560. The average molecular weight is 416 g/mol. The van der Waals surface area contributed by atoms with Crippen LogP contribution in [0.25, 0.3) is 32.3 Å². The lowest BCUT2D eigenvalue weighted by atomic mass is 10.2. The van der Waals surface area contributed by atoms with Crippen molar-refractivity contribution < 1.29 is 0 Å². The standard InChI is InChI=1S/C20H16N8OS/c1-27-17-13(18-19(27)23-15(30-18)8-12-5-3-7-21-12)9-22-28(20(17)29)10-11-4-2-6-14-16(11)25-26-24-14/h2-6,9H,7-8,10H2,1H3,(H,24,25,26). The summed E-state index contributed by atoms with van der Waals surface area (Å²) in [7, 11) is 1.88. The van der Waals surface area contributed by atoms with Gasteiger partial charge in [-0.05, 0) is 12.1 Å². The molecule has 0 fully saturated rings. The van der Waals surface area contributed by atoms with E-state index in [1.807, 2.05) is 42.0 Å². The van der Waals surface area contributed by atoms with Gasteiger partial charge in [-0.1, -0.05) is 18.2 Å². The zero-order chi connectivity index (χ0) is 20.2. The molecule has 148 valence electrons.